The summed E-state index contributed by atoms with van der Waals surface area (Å²) in [6, 6.07) is 6.24. The molecule has 4 atom stereocenters. The Morgan fingerprint density at radius 3 is 2.74 bits per heavy atom. The van der Waals surface area contributed by atoms with E-state index in [9.17, 15) is 4.21 Å². The Bertz CT molecular complexity index is 472. The molecule has 0 aliphatic heterocycles. The van der Waals surface area contributed by atoms with E-state index >= 15 is 0 Å². The van der Waals surface area contributed by atoms with Crippen LogP contribution in [0.4, 0.5) is 0 Å². The van der Waals surface area contributed by atoms with Gasteiger partial charge in [0.15, 0.2) is 0 Å². The minimum atomic E-state index is -0.922. The Morgan fingerprint density at radius 1 is 1.32 bits per heavy atom. The van der Waals surface area contributed by atoms with Crippen LogP contribution in [0.3, 0.4) is 0 Å². The van der Waals surface area contributed by atoms with Gasteiger partial charge in [0.05, 0.1) is 10.8 Å². The van der Waals surface area contributed by atoms with E-state index in [0.717, 1.165) is 23.3 Å². The van der Waals surface area contributed by atoms with Crippen LogP contribution in [0.25, 0.3) is 0 Å². The summed E-state index contributed by atoms with van der Waals surface area (Å²) in [5, 5.41) is 0.231. The van der Waals surface area contributed by atoms with Gasteiger partial charge in [0.1, 0.15) is 0 Å². The summed E-state index contributed by atoms with van der Waals surface area (Å²) in [5.41, 5.74) is 8.21. The van der Waals surface area contributed by atoms with Crippen molar-refractivity contribution in [1.82, 2.24) is 0 Å². The molecule has 1 aliphatic rings. The average Bonchev–Trinajstić information content (AvgIpc) is 2.40. The van der Waals surface area contributed by atoms with E-state index in [2.05, 4.69) is 39.0 Å². The van der Waals surface area contributed by atoms with Crippen molar-refractivity contribution in [1.29, 1.82) is 0 Å². The molecule has 0 aromatic heterocycles. The molecule has 2 N–H and O–H groups in total. The fourth-order valence-corrected chi connectivity index (χ4v) is 5.12. The largest absolute Gasteiger partial charge is 0.330 e. The van der Waals surface area contributed by atoms with Crippen molar-refractivity contribution in [2.24, 2.45) is 17.6 Å². The van der Waals surface area contributed by atoms with Crippen LogP contribution in [0.15, 0.2) is 23.1 Å². The quantitative estimate of drug-likeness (QED) is 0.923. The monoisotopic (exact) mass is 279 g/mol. The van der Waals surface area contributed by atoms with Gasteiger partial charge in [0.25, 0.3) is 0 Å². The Kier molecular flexibility index (Phi) is 4.80. The molecule has 1 aromatic rings. The van der Waals surface area contributed by atoms with Crippen molar-refractivity contribution in [3.63, 3.8) is 0 Å². The number of rotatable bonds is 3. The molecule has 1 fully saturated rings. The van der Waals surface area contributed by atoms with E-state index in [1.165, 1.54) is 12.0 Å². The molecule has 0 heterocycles. The molecule has 0 radical (unpaired) electrons. The molecule has 19 heavy (non-hydrogen) atoms. The second kappa shape index (κ2) is 6.19. The van der Waals surface area contributed by atoms with Crippen LogP contribution < -0.4 is 5.73 Å². The molecule has 1 aromatic carbocycles. The van der Waals surface area contributed by atoms with E-state index in [4.69, 9.17) is 5.73 Å². The Labute approximate surface area is 119 Å². The van der Waals surface area contributed by atoms with Crippen molar-refractivity contribution >= 4 is 10.8 Å². The third kappa shape index (κ3) is 3.26. The minimum absolute atomic E-state index is 0.231. The molecule has 0 amide bonds. The Balaban J connectivity index is 2.28. The smallest absolute Gasteiger partial charge is 0.0567 e. The third-order valence-electron chi connectivity index (χ3n) is 4.33. The van der Waals surface area contributed by atoms with Gasteiger partial charge in [0.2, 0.25) is 0 Å². The van der Waals surface area contributed by atoms with Gasteiger partial charge in [-0.25, -0.2) is 0 Å². The molecule has 2 rings (SSSR count). The molecule has 0 bridgehead atoms. The van der Waals surface area contributed by atoms with Gasteiger partial charge in [-0.3, -0.25) is 4.21 Å². The zero-order valence-electron chi connectivity index (χ0n) is 12.2. The molecule has 4 unspecified atom stereocenters. The van der Waals surface area contributed by atoms with E-state index in [1.807, 2.05) is 0 Å². The maximum absolute atomic E-state index is 12.9. The molecule has 0 saturated heterocycles. The lowest BCUT2D eigenvalue weighted by molar-refractivity contribution is 0.302. The lowest BCUT2D eigenvalue weighted by atomic mass is 9.82. The van der Waals surface area contributed by atoms with Gasteiger partial charge in [-0.15, -0.1) is 0 Å². The average molecular weight is 279 g/mol. The molecular weight excluding hydrogens is 254 g/mol. The highest BCUT2D eigenvalue weighted by atomic mass is 32.2. The van der Waals surface area contributed by atoms with E-state index in [1.54, 1.807) is 0 Å². The topological polar surface area (TPSA) is 43.1 Å². The summed E-state index contributed by atoms with van der Waals surface area (Å²) in [4.78, 5) is 1.01. The van der Waals surface area contributed by atoms with E-state index in [0.29, 0.717) is 18.4 Å². The van der Waals surface area contributed by atoms with Crippen LogP contribution in [-0.4, -0.2) is 16.0 Å². The zero-order chi connectivity index (χ0) is 14.0. The van der Waals surface area contributed by atoms with Gasteiger partial charge >= 0.3 is 0 Å². The van der Waals surface area contributed by atoms with Crippen molar-refractivity contribution in [3.8, 4) is 0 Å². The van der Waals surface area contributed by atoms with E-state index < -0.39 is 10.8 Å². The van der Waals surface area contributed by atoms with Crippen molar-refractivity contribution in [3.05, 3.63) is 29.3 Å². The number of nitrogens with two attached hydrogens (primary N) is 1. The third-order valence-corrected chi connectivity index (χ3v) is 6.33. The first-order valence-corrected chi connectivity index (χ1v) is 8.42. The summed E-state index contributed by atoms with van der Waals surface area (Å²) in [5.74, 6) is 1.08. The van der Waals surface area contributed by atoms with Crippen LogP contribution in [0.5, 0.6) is 0 Å². The lowest BCUT2D eigenvalue weighted by Crippen LogP contribution is -2.37. The molecule has 106 valence electrons. The summed E-state index contributed by atoms with van der Waals surface area (Å²) in [6.07, 6.45) is 3.39. The highest BCUT2D eigenvalue weighted by Gasteiger charge is 2.33. The van der Waals surface area contributed by atoms with E-state index in [-0.39, 0.29) is 5.25 Å². The maximum Gasteiger partial charge on any atom is 0.0567 e. The number of hydrogen-bond donors (Lipinski definition) is 1. The first-order chi connectivity index (χ1) is 9.02. The first-order valence-electron chi connectivity index (χ1n) is 7.20. The van der Waals surface area contributed by atoms with Crippen LogP contribution in [-0.2, 0) is 10.8 Å². The predicted octanol–water partition coefficient (Wildman–Crippen LogP) is 3.17. The number of aryl methyl sites for hydroxylation is 2. The molecule has 3 heteroatoms. The normalized spacial score (nSPS) is 29.2. The molecule has 2 nitrogen and oxygen atoms in total. The molecule has 1 saturated carbocycles. The van der Waals surface area contributed by atoms with Gasteiger partial charge < -0.3 is 5.73 Å². The van der Waals surface area contributed by atoms with Crippen molar-refractivity contribution < 1.29 is 4.21 Å². The zero-order valence-corrected chi connectivity index (χ0v) is 13.0. The van der Waals surface area contributed by atoms with Crippen LogP contribution in [0.1, 0.15) is 37.3 Å². The second-order valence-electron chi connectivity index (χ2n) is 6.02. The predicted molar refractivity (Wildman–Crippen MR) is 81.7 cm³/mol. The number of hydrogen-bond acceptors (Lipinski definition) is 2. The van der Waals surface area contributed by atoms with Gasteiger partial charge in [-0.2, -0.15) is 0 Å². The van der Waals surface area contributed by atoms with Crippen LogP contribution in [0, 0.1) is 25.7 Å². The maximum atomic E-state index is 12.9. The summed E-state index contributed by atoms with van der Waals surface area (Å²) >= 11 is 0. The highest BCUT2D eigenvalue weighted by molar-refractivity contribution is 7.85. The number of benzene rings is 1. The van der Waals surface area contributed by atoms with Crippen molar-refractivity contribution in [2.75, 3.05) is 6.54 Å². The molecule has 0 spiro atoms. The van der Waals surface area contributed by atoms with Crippen LogP contribution in [0.2, 0.25) is 0 Å². The van der Waals surface area contributed by atoms with Gasteiger partial charge in [-0.1, -0.05) is 25.5 Å². The fourth-order valence-electron chi connectivity index (χ4n) is 3.01. The van der Waals surface area contributed by atoms with Crippen molar-refractivity contribution in [2.45, 2.75) is 50.2 Å². The SMILES string of the molecule is Cc1ccc(C)c(S(=O)C2CC(C)CCC2CN)c1. The summed E-state index contributed by atoms with van der Waals surface area (Å²) in [6.45, 7) is 7.04. The second-order valence-corrected chi connectivity index (χ2v) is 7.66. The van der Waals surface area contributed by atoms with Gasteiger partial charge in [0, 0.05) is 10.1 Å². The Hall–Kier alpha value is -0.670. The summed E-state index contributed by atoms with van der Waals surface area (Å²) < 4.78 is 12.9. The van der Waals surface area contributed by atoms with Crippen LogP contribution >= 0.6 is 0 Å². The molecular formula is C16H25NOS. The molecule has 1 aliphatic carbocycles. The standard InChI is InChI=1S/C16H25NOS/c1-11-4-6-13(3)15(8-11)19(18)16-9-12(2)5-7-14(16)10-17/h4,6,8,12,14,16H,5,7,9-10,17H2,1-3H3. The lowest BCUT2D eigenvalue weighted by Gasteiger charge is -2.33. The first kappa shape index (κ1) is 14.7. The fraction of sp³-hybridized carbons (Fsp3) is 0.625. The Morgan fingerprint density at radius 2 is 2.05 bits per heavy atom. The highest BCUT2D eigenvalue weighted by Crippen LogP contribution is 2.34. The summed E-state index contributed by atoms with van der Waals surface area (Å²) in [7, 11) is -0.922. The minimum Gasteiger partial charge on any atom is -0.330 e. The van der Waals surface area contributed by atoms with Gasteiger partial charge in [-0.05, 0) is 62.3 Å².